The Balaban J connectivity index is 2.00. The molecule has 0 aromatic heterocycles. The molecule has 2 fully saturated rings. The van der Waals surface area contributed by atoms with Crippen LogP contribution in [0.4, 0.5) is 0 Å². The highest BCUT2D eigenvalue weighted by atomic mass is 16.3. The van der Waals surface area contributed by atoms with Crippen molar-refractivity contribution in [1.82, 2.24) is 5.32 Å². The number of rotatable bonds is 1. The summed E-state index contributed by atoms with van der Waals surface area (Å²) in [6, 6.07) is 0.514. The van der Waals surface area contributed by atoms with Crippen LogP contribution in [0.2, 0.25) is 0 Å². The first-order valence-corrected chi connectivity index (χ1v) is 5.42. The van der Waals surface area contributed by atoms with Gasteiger partial charge in [-0.3, -0.25) is 0 Å². The van der Waals surface area contributed by atoms with Gasteiger partial charge in [0.2, 0.25) is 0 Å². The summed E-state index contributed by atoms with van der Waals surface area (Å²) in [4.78, 5) is 0. The van der Waals surface area contributed by atoms with Crippen LogP contribution in [0.3, 0.4) is 0 Å². The molecule has 1 aliphatic heterocycles. The van der Waals surface area contributed by atoms with Gasteiger partial charge in [-0.05, 0) is 45.1 Å². The molecule has 0 radical (unpaired) electrons. The average molecular weight is 184 g/mol. The topological polar surface area (TPSA) is 58.3 Å². The van der Waals surface area contributed by atoms with Gasteiger partial charge >= 0.3 is 0 Å². The van der Waals surface area contributed by atoms with Crippen LogP contribution in [0.5, 0.6) is 0 Å². The Kier molecular flexibility index (Phi) is 2.58. The van der Waals surface area contributed by atoms with Crippen LogP contribution in [-0.4, -0.2) is 29.3 Å². The van der Waals surface area contributed by atoms with Crippen LogP contribution in [0, 0.1) is 0 Å². The van der Waals surface area contributed by atoms with Gasteiger partial charge in [0.15, 0.2) is 0 Å². The van der Waals surface area contributed by atoms with Gasteiger partial charge in [-0.25, -0.2) is 0 Å². The second kappa shape index (κ2) is 3.56. The molecule has 1 saturated carbocycles. The van der Waals surface area contributed by atoms with Crippen molar-refractivity contribution < 1.29 is 5.11 Å². The van der Waals surface area contributed by atoms with E-state index in [2.05, 4.69) is 5.32 Å². The van der Waals surface area contributed by atoms with E-state index in [0.29, 0.717) is 6.04 Å². The molecule has 3 unspecified atom stereocenters. The van der Waals surface area contributed by atoms with Crippen LogP contribution in [0.15, 0.2) is 0 Å². The molecule has 1 saturated heterocycles. The Morgan fingerprint density at radius 3 is 2.77 bits per heavy atom. The lowest BCUT2D eigenvalue weighted by Gasteiger charge is -2.39. The normalized spacial score (nSPS) is 46.6. The van der Waals surface area contributed by atoms with Crippen molar-refractivity contribution in [1.29, 1.82) is 0 Å². The molecule has 13 heavy (non-hydrogen) atoms. The first-order valence-electron chi connectivity index (χ1n) is 5.42. The quantitative estimate of drug-likeness (QED) is 0.552. The number of nitrogens with one attached hydrogen (secondary N) is 1. The highest BCUT2D eigenvalue weighted by molar-refractivity contribution is 4.99. The summed E-state index contributed by atoms with van der Waals surface area (Å²) in [5, 5.41) is 13.8. The third-order valence-corrected chi connectivity index (χ3v) is 3.51. The molecule has 2 rings (SSSR count). The summed E-state index contributed by atoms with van der Waals surface area (Å²) in [6.45, 7) is 1.06. The summed E-state index contributed by atoms with van der Waals surface area (Å²) >= 11 is 0. The maximum Gasteiger partial charge on any atom is 0.0814 e. The average Bonchev–Trinajstić information content (AvgIpc) is 2.55. The van der Waals surface area contributed by atoms with E-state index < -0.39 is 5.60 Å². The zero-order chi connectivity index (χ0) is 9.31. The van der Waals surface area contributed by atoms with Crippen LogP contribution in [0.25, 0.3) is 0 Å². The van der Waals surface area contributed by atoms with Crippen molar-refractivity contribution in [3.63, 3.8) is 0 Å². The van der Waals surface area contributed by atoms with Gasteiger partial charge < -0.3 is 16.2 Å². The lowest BCUT2D eigenvalue weighted by atomic mass is 9.77. The molecule has 2 aliphatic rings. The van der Waals surface area contributed by atoms with Crippen molar-refractivity contribution in [2.75, 3.05) is 6.54 Å². The van der Waals surface area contributed by atoms with Gasteiger partial charge in [0.1, 0.15) is 0 Å². The third kappa shape index (κ3) is 1.87. The minimum Gasteiger partial charge on any atom is -0.388 e. The van der Waals surface area contributed by atoms with Gasteiger partial charge in [0.25, 0.3) is 0 Å². The van der Waals surface area contributed by atoms with E-state index >= 15 is 0 Å². The largest absolute Gasteiger partial charge is 0.388 e. The predicted octanol–water partition coefficient (Wildman–Crippen LogP) is 0.371. The Labute approximate surface area is 79.7 Å². The molecular weight excluding hydrogens is 164 g/mol. The molecule has 76 valence electrons. The SMILES string of the molecule is NC1CCCC(O)(C2CCCN2)C1. The van der Waals surface area contributed by atoms with Crippen LogP contribution < -0.4 is 11.1 Å². The molecule has 3 atom stereocenters. The zero-order valence-corrected chi connectivity index (χ0v) is 8.13. The summed E-state index contributed by atoms with van der Waals surface area (Å²) in [5.74, 6) is 0. The van der Waals surface area contributed by atoms with E-state index in [9.17, 15) is 5.11 Å². The van der Waals surface area contributed by atoms with Gasteiger partial charge in [-0.15, -0.1) is 0 Å². The number of aliphatic hydroxyl groups is 1. The molecule has 0 aromatic carbocycles. The molecule has 1 heterocycles. The summed E-state index contributed by atoms with van der Waals surface area (Å²) in [6.07, 6.45) is 6.18. The fourth-order valence-electron chi connectivity index (χ4n) is 2.79. The molecule has 1 aliphatic carbocycles. The van der Waals surface area contributed by atoms with E-state index in [4.69, 9.17) is 5.73 Å². The van der Waals surface area contributed by atoms with Crippen LogP contribution in [-0.2, 0) is 0 Å². The fourth-order valence-corrected chi connectivity index (χ4v) is 2.79. The van der Waals surface area contributed by atoms with Crippen molar-refractivity contribution in [2.24, 2.45) is 5.73 Å². The van der Waals surface area contributed by atoms with Crippen LogP contribution >= 0.6 is 0 Å². The molecule has 0 aromatic rings. The summed E-state index contributed by atoms with van der Waals surface area (Å²) < 4.78 is 0. The second-order valence-corrected chi connectivity index (χ2v) is 4.61. The Morgan fingerprint density at radius 1 is 1.31 bits per heavy atom. The minimum atomic E-state index is -0.506. The summed E-state index contributed by atoms with van der Waals surface area (Å²) in [7, 11) is 0. The molecule has 4 N–H and O–H groups in total. The highest BCUT2D eigenvalue weighted by Gasteiger charge is 2.41. The van der Waals surface area contributed by atoms with E-state index in [0.717, 1.165) is 38.6 Å². The van der Waals surface area contributed by atoms with Crippen molar-refractivity contribution in [3.8, 4) is 0 Å². The second-order valence-electron chi connectivity index (χ2n) is 4.61. The van der Waals surface area contributed by atoms with E-state index in [1.54, 1.807) is 0 Å². The van der Waals surface area contributed by atoms with Gasteiger partial charge in [0.05, 0.1) is 5.60 Å². The lowest BCUT2D eigenvalue weighted by molar-refractivity contribution is -0.0305. The first-order chi connectivity index (χ1) is 6.21. The van der Waals surface area contributed by atoms with E-state index in [1.165, 1.54) is 6.42 Å². The predicted molar refractivity (Wildman–Crippen MR) is 52.4 cm³/mol. The number of hydrogen-bond acceptors (Lipinski definition) is 3. The van der Waals surface area contributed by atoms with Gasteiger partial charge in [-0.1, -0.05) is 0 Å². The molecule has 3 nitrogen and oxygen atoms in total. The Hall–Kier alpha value is -0.120. The third-order valence-electron chi connectivity index (χ3n) is 3.51. The molecule has 3 heteroatoms. The fraction of sp³-hybridized carbons (Fsp3) is 1.00. The standard InChI is InChI=1S/C10H20N2O/c11-8-3-1-5-10(13,7-8)9-4-2-6-12-9/h8-9,12-13H,1-7,11H2. The highest BCUT2D eigenvalue weighted by Crippen LogP contribution is 2.33. The molecule has 0 bridgehead atoms. The molecular formula is C10H20N2O. The maximum atomic E-state index is 10.4. The number of nitrogens with two attached hydrogens (primary N) is 1. The molecule has 0 spiro atoms. The molecule has 0 amide bonds. The Bertz CT molecular complexity index is 180. The monoisotopic (exact) mass is 184 g/mol. The van der Waals surface area contributed by atoms with Gasteiger partial charge in [0, 0.05) is 12.1 Å². The maximum absolute atomic E-state index is 10.4. The van der Waals surface area contributed by atoms with Crippen LogP contribution in [0.1, 0.15) is 38.5 Å². The van der Waals surface area contributed by atoms with E-state index in [1.807, 2.05) is 0 Å². The van der Waals surface area contributed by atoms with Crippen molar-refractivity contribution >= 4 is 0 Å². The Morgan fingerprint density at radius 2 is 2.15 bits per heavy atom. The first kappa shape index (κ1) is 9.44. The number of hydrogen-bond donors (Lipinski definition) is 3. The smallest absolute Gasteiger partial charge is 0.0814 e. The van der Waals surface area contributed by atoms with Crippen molar-refractivity contribution in [3.05, 3.63) is 0 Å². The zero-order valence-electron chi connectivity index (χ0n) is 8.13. The minimum absolute atomic E-state index is 0.209. The van der Waals surface area contributed by atoms with Crippen molar-refractivity contribution in [2.45, 2.75) is 56.2 Å². The van der Waals surface area contributed by atoms with Gasteiger partial charge in [-0.2, -0.15) is 0 Å². The lowest BCUT2D eigenvalue weighted by Crippen LogP contribution is -2.53. The summed E-state index contributed by atoms with van der Waals surface area (Å²) in [5.41, 5.74) is 5.38. The van der Waals surface area contributed by atoms with E-state index in [-0.39, 0.29) is 6.04 Å².